The third-order valence-electron chi connectivity index (χ3n) is 2.86. The van der Waals surface area contributed by atoms with Crippen LogP contribution in [0.1, 0.15) is 39.5 Å². The lowest BCUT2D eigenvalue weighted by molar-refractivity contribution is -0.112. The van der Waals surface area contributed by atoms with Gasteiger partial charge in [0.2, 0.25) is 0 Å². The molecule has 1 atom stereocenters. The summed E-state index contributed by atoms with van der Waals surface area (Å²) in [4.78, 5) is 10.5. The van der Waals surface area contributed by atoms with Crippen molar-refractivity contribution in [2.45, 2.75) is 51.3 Å². The average molecular weight is 250 g/mol. The fraction of sp³-hybridized carbons (Fsp3) is 0.900. The lowest BCUT2D eigenvalue weighted by Crippen LogP contribution is -2.21. The van der Waals surface area contributed by atoms with Crippen molar-refractivity contribution in [1.29, 1.82) is 0 Å². The molecule has 3 nitrogen and oxygen atoms in total. The Labute approximate surface area is 96.6 Å². The quantitative estimate of drug-likeness (QED) is 0.473. The molecule has 0 amide bonds. The maximum absolute atomic E-state index is 11.9. The molecule has 1 unspecified atom stereocenters. The molecule has 1 saturated carbocycles. The van der Waals surface area contributed by atoms with Crippen LogP contribution in [0, 0.1) is 5.92 Å². The Morgan fingerprint density at radius 2 is 1.87 bits per heavy atom. The van der Waals surface area contributed by atoms with Gasteiger partial charge in [-0.2, -0.15) is 0 Å². The summed E-state index contributed by atoms with van der Waals surface area (Å²) in [6.07, 6.45) is 4.37. The Balaban J connectivity index is 2.42. The minimum Gasteiger partial charge on any atom is -0.318 e. The van der Waals surface area contributed by atoms with Crippen LogP contribution in [0.2, 0.25) is 0 Å². The van der Waals surface area contributed by atoms with Gasteiger partial charge in [-0.25, -0.2) is 0 Å². The predicted molar refractivity (Wildman–Crippen MR) is 64.6 cm³/mol. The zero-order valence-corrected chi connectivity index (χ0v) is 11.0. The van der Waals surface area contributed by atoms with Crippen LogP contribution in [0.5, 0.6) is 0 Å². The summed E-state index contributed by atoms with van der Waals surface area (Å²) in [5, 5.41) is 0. The van der Waals surface area contributed by atoms with Crippen molar-refractivity contribution in [1.82, 2.24) is 0 Å². The van der Waals surface area contributed by atoms with Crippen molar-refractivity contribution in [3.05, 3.63) is 0 Å². The molecule has 0 heterocycles. The zero-order valence-electron chi connectivity index (χ0n) is 9.26. The Morgan fingerprint density at radius 1 is 1.33 bits per heavy atom. The zero-order chi connectivity index (χ0) is 11.5. The van der Waals surface area contributed by atoms with E-state index >= 15 is 0 Å². The Hall–Kier alpha value is 0.210. The highest BCUT2D eigenvalue weighted by atomic mass is 32.7. The third kappa shape index (κ3) is 3.93. The highest BCUT2D eigenvalue weighted by molar-refractivity contribution is 8.46. The monoisotopic (exact) mass is 250 g/mol. The van der Waals surface area contributed by atoms with Crippen LogP contribution in [0.25, 0.3) is 0 Å². The van der Waals surface area contributed by atoms with E-state index in [1.165, 1.54) is 0 Å². The van der Waals surface area contributed by atoms with E-state index < -0.39 is 6.57 Å². The second-order valence-electron chi connectivity index (χ2n) is 4.44. The van der Waals surface area contributed by atoms with Crippen LogP contribution in [-0.4, -0.2) is 18.0 Å². The number of hydrogen-bond acceptors (Lipinski definition) is 3. The standard InChI is InChI=1S/C10H19O3PS/c1-8(2)14(12,15)13-10-5-3-9(7-11)4-6-10/h7-10H,3-6H2,1-2H3,(H,12,15)/t9-,10+,14?. The van der Waals surface area contributed by atoms with Gasteiger partial charge in [0.1, 0.15) is 6.29 Å². The van der Waals surface area contributed by atoms with Crippen LogP contribution in [-0.2, 0) is 13.9 Å². The molecule has 0 aliphatic heterocycles. The van der Waals surface area contributed by atoms with Crippen molar-refractivity contribution in [2.24, 2.45) is 5.92 Å². The topological polar surface area (TPSA) is 43.4 Å². The predicted octanol–water partition coefficient (Wildman–Crippen LogP) is 3.29. The highest BCUT2D eigenvalue weighted by Gasteiger charge is 2.29. The summed E-state index contributed by atoms with van der Waals surface area (Å²) < 4.78 is 17.4. The van der Waals surface area contributed by atoms with Crippen LogP contribution in [0.3, 0.4) is 0 Å². The van der Waals surface area contributed by atoms with Crippen molar-refractivity contribution in [2.75, 3.05) is 0 Å². The molecule has 0 aromatic heterocycles. The first kappa shape index (κ1) is 13.3. The smallest absolute Gasteiger partial charge is 0.257 e. The molecule has 1 aliphatic carbocycles. The van der Waals surface area contributed by atoms with Gasteiger partial charge >= 0.3 is 0 Å². The van der Waals surface area contributed by atoms with E-state index in [2.05, 4.69) is 12.2 Å². The molecule has 1 fully saturated rings. The highest BCUT2D eigenvalue weighted by Crippen LogP contribution is 2.58. The SMILES string of the molecule is CC(C)P(=O)(S)O[C@H]1CC[C@@H](C=O)CC1. The molecule has 88 valence electrons. The lowest BCUT2D eigenvalue weighted by Gasteiger charge is -2.28. The van der Waals surface area contributed by atoms with Crippen molar-refractivity contribution in [3.63, 3.8) is 0 Å². The molecule has 0 saturated heterocycles. The fourth-order valence-electron chi connectivity index (χ4n) is 1.67. The van der Waals surface area contributed by atoms with Gasteiger partial charge in [-0.1, -0.05) is 26.1 Å². The molecule has 0 aromatic carbocycles. The number of rotatable bonds is 4. The molecule has 0 radical (unpaired) electrons. The van der Waals surface area contributed by atoms with E-state index in [-0.39, 0.29) is 17.7 Å². The first-order valence-corrected chi connectivity index (χ1v) is 8.26. The Morgan fingerprint density at radius 3 is 2.27 bits per heavy atom. The molecule has 0 spiro atoms. The van der Waals surface area contributed by atoms with E-state index in [9.17, 15) is 9.36 Å². The number of hydrogen-bond donors (Lipinski definition) is 1. The summed E-state index contributed by atoms with van der Waals surface area (Å²) in [7, 11) is 0. The summed E-state index contributed by atoms with van der Waals surface area (Å²) in [6, 6.07) is 0. The molecule has 1 aliphatic rings. The minimum absolute atomic E-state index is 0.0203. The number of carbonyl (C=O) groups excluding carboxylic acids is 1. The largest absolute Gasteiger partial charge is 0.318 e. The molecule has 1 rings (SSSR count). The van der Waals surface area contributed by atoms with Gasteiger partial charge in [0.25, 0.3) is 6.57 Å². The van der Waals surface area contributed by atoms with Gasteiger partial charge in [0.05, 0.1) is 6.10 Å². The molecule has 5 heteroatoms. The molecular weight excluding hydrogens is 231 g/mol. The number of aldehydes is 1. The van der Waals surface area contributed by atoms with Gasteiger partial charge in [0, 0.05) is 11.6 Å². The maximum atomic E-state index is 11.9. The molecule has 15 heavy (non-hydrogen) atoms. The second-order valence-corrected chi connectivity index (χ2v) is 8.48. The van der Waals surface area contributed by atoms with E-state index in [0.717, 1.165) is 32.0 Å². The van der Waals surface area contributed by atoms with Crippen molar-refractivity contribution in [3.8, 4) is 0 Å². The molecular formula is C10H19O3PS. The summed E-state index contributed by atoms with van der Waals surface area (Å²) in [6.45, 7) is 0.949. The van der Waals surface area contributed by atoms with Gasteiger partial charge in [-0.15, -0.1) is 0 Å². The van der Waals surface area contributed by atoms with Crippen molar-refractivity contribution < 1.29 is 13.9 Å². The van der Waals surface area contributed by atoms with Crippen LogP contribution in [0.15, 0.2) is 0 Å². The summed E-state index contributed by atoms with van der Waals surface area (Å²) >= 11 is 4.10. The third-order valence-corrected chi connectivity index (χ3v) is 6.44. The van der Waals surface area contributed by atoms with Gasteiger partial charge in [-0.3, -0.25) is 4.57 Å². The van der Waals surface area contributed by atoms with E-state index in [0.29, 0.717) is 0 Å². The average Bonchev–Trinajstić information content (AvgIpc) is 2.18. The fourth-order valence-corrected chi connectivity index (χ4v) is 2.95. The summed E-state index contributed by atoms with van der Waals surface area (Å²) in [5.74, 6) is 0.170. The van der Waals surface area contributed by atoms with Gasteiger partial charge in [0.15, 0.2) is 0 Å². The van der Waals surface area contributed by atoms with Crippen LogP contribution < -0.4 is 0 Å². The normalized spacial score (nSPS) is 31.2. The van der Waals surface area contributed by atoms with E-state index in [1.54, 1.807) is 0 Å². The van der Waals surface area contributed by atoms with Crippen molar-refractivity contribution >= 4 is 25.1 Å². The lowest BCUT2D eigenvalue weighted by atomic mass is 9.89. The van der Waals surface area contributed by atoms with Crippen LogP contribution >= 0.6 is 18.8 Å². The molecule has 0 aromatic rings. The van der Waals surface area contributed by atoms with Gasteiger partial charge < -0.3 is 9.32 Å². The van der Waals surface area contributed by atoms with Gasteiger partial charge in [-0.05, 0) is 25.7 Å². The van der Waals surface area contributed by atoms with Crippen LogP contribution in [0.4, 0.5) is 0 Å². The Kier molecular flexibility index (Phi) is 4.88. The maximum Gasteiger partial charge on any atom is 0.257 e. The van der Waals surface area contributed by atoms with E-state index in [4.69, 9.17) is 4.52 Å². The second kappa shape index (κ2) is 5.51. The Bertz CT molecular complexity index is 259. The summed E-state index contributed by atoms with van der Waals surface area (Å²) in [5.41, 5.74) is -0.0513. The minimum atomic E-state index is -2.76. The van der Waals surface area contributed by atoms with E-state index in [1.807, 2.05) is 13.8 Å². The number of carbonyl (C=O) groups is 1. The first-order chi connectivity index (χ1) is 6.95. The first-order valence-electron chi connectivity index (χ1n) is 5.42. The molecule has 0 bridgehead atoms. The number of thiol groups is 1. The molecule has 0 N–H and O–H groups in total.